The number of rotatable bonds is 4. The van der Waals surface area contributed by atoms with Crippen LogP contribution in [0.3, 0.4) is 0 Å². The summed E-state index contributed by atoms with van der Waals surface area (Å²) in [4.78, 5) is 8.07. The Morgan fingerprint density at radius 1 is 1.54 bits per heavy atom. The molecule has 0 fully saturated rings. The topological polar surface area (TPSA) is 37.8 Å². The summed E-state index contributed by atoms with van der Waals surface area (Å²) >= 11 is 7.44. The number of hydrogen-bond donors (Lipinski definition) is 1. The molecule has 72 valence electrons. The minimum atomic E-state index is 0.371. The SMILES string of the molecule is CSCC(C)Nc1ncc(Cl)cn1. The van der Waals surface area contributed by atoms with Crippen LogP contribution in [0, 0.1) is 0 Å². The van der Waals surface area contributed by atoms with Crippen LogP contribution < -0.4 is 5.32 Å². The van der Waals surface area contributed by atoms with E-state index >= 15 is 0 Å². The van der Waals surface area contributed by atoms with Gasteiger partial charge in [0, 0.05) is 11.8 Å². The summed E-state index contributed by atoms with van der Waals surface area (Å²) in [6.07, 6.45) is 5.24. The third-order valence-corrected chi connectivity index (χ3v) is 2.44. The summed E-state index contributed by atoms with van der Waals surface area (Å²) in [5, 5.41) is 3.73. The van der Waals surface area contributed by atoms with Crippen LogP contribution in [-0.2, 0) is 0 Å². The van der Waals surface area contributed by atoms with Crippen molar-refractivity contribution in [1.82, 2.24) is 9.97 Å². The maximum atomic E-state index is 5.65. The highest BCUT2D eigenvalue weighted by Gasteiger charge is 2.01. The third kappa shape index (κ3) is 3.83. The first-order chi connectivity index (χ1) is 6.22. The first kappa shape index (κ1) is 10.6. The summed E-state index contributed by atoms with van der Waals surface area (Å²) in [6.45, 7) is 2.09. The number of halogens is 1. The fourth-order valence-corrected chi connectivity index (χ4v) is 1.58. The highest BCUT2D eigenvalue weighted by molar-refractivity contribution is 7.98. The molecule has 0 aliphatic heterocycles. The van der Waals surface area contributed by atoms with Gasteiger partial charge in [0.2, 0.25) is 5.95 Å². The van der Waals surface area contributed by atoms with Crippen molar-refractivity contribution in [2.75, 3.05) is 17.3 Å². The summed E-state index contributed by atoms with van der Waals surface area (Å²) < 4.78 is 0. The Morgan fingerprint density at radius 2 is 2.15 bits per heavy atom. The number of hydrogen-bond acceptors (Lipinski definition) is 4. The summed E-state index contributed by atoms with van der Waals surface area (Å²) in [5.74, 6) is 1.66. The van der Waals surface area contributed by atoms with Gasteiger partial charge in [-0.1, -0.05) is 11.6 Å². The van der Waals surface area contributed by atoms with E-state index in [1.54, 1.807) is 24.2 Å². The Hall–Kier alpha value is -0.480. The molecule has 3 nitrogen and oxygen atoms in total. The molecule has 1 aromatic heterocycles. The molecule has 0 saturated heterocycles. The van der Waals surface area contributed by atoms with Crippen LogP contribution in [0.5, 0.6) is 0 Å². The van der Waals surface area contributed by atoms with E-state index in [-0.39, 0.29) is 0 Å². The first-order valence-corrected chi connectivity index (χ1v) is 5.72. The van der Waals surface area contributed by atoms with Crippen LogP contribution in [0.25, 0.3) is 0 Å². The molecule has 0 spiro atoms. The van der Waals surface area contributed by atoms with Crippen LogP contribution in [0.15, 0.2) is 12.4 Å². The molecule has 0 aliphatic carbocycles. The highest BCUT2D eigenvalue weighted by atomic mass is 35.5. The predicted molar refractivity (Wildman–Crippen MR) is 58.5 cm³/mol. The largest absolute Gasteiger partial charge is 0.351 e. The van der Waals surface area contributed by atoms with Crippen LogP contribution in [0.4, 0.5) is 5.95 Å². The molecular weight excluding hydrogens is 206 g/mol. The number of anilines is 1. The molecule has 5 heteroatoms. The second kappa shape index (κ2) is 5.29. The normalized spacial score (nSPS) is 12.5. The second-order valence-corrected chi connectivity index (χ2v) is 4.07. The molecule has 0 aliphatic rings. The van der Waals surface area contributed by atoms with E-state index in [2.05, 4.69) is 28.5 Å². The number of nitrogens with one attached hydrogen (secondary N) is 1. The minimum absolute atomic E-state index is 0.371. The van der Waals surface area contributed by atoms with Gasteiger partial charge in [0.1, 0.15) is 0 Å². The van der Waals surface area contributed by atoms with Crippen molar-refractivity contribution in [2.24, 2.45) is 0 Å². The van der Waals surface area contributed by atoms with Crippen molar-refractivity contribution in [3.8, 4) is 0 Å². The quantitative estimate of drug-likeness (QED) is 0.840. The molecule has 13 heavy (non-hydrogen) atoms. The average molecular weight is 218 g/mol. The molecule has 0 amide bonds. The van der Waals surface area contributed by atoms with E-state index < -0.39 is 0 Å². The van der Waals surface area contributed by atoms with E-state index in [0.717, 1.165) is 5.75 Å². The Balaban J connectivity index is 2.49. The average Bonchev–Trinajstić information content (AvgIpc) is 2.09. The smallest absolute Gasteiger partial charge is 0.222 e. The van der Waals surface area contributed by atoms with Gasteiger partial charge in [0.15, 0.2) is 0 Å². The molecule has 1 heterocycles. The lowest BCUT2D eigenvalue weighted by atomic mass is 10.4. The Morgan fingerprint density at radius 3 is 2.69 bits per heavy atom. The summed E-state index contributed by atoms with van der Waals surface area (Å²) in [5.41, 5.74) is 0. The monoisotopic (exact) mass is 217 g/mol. The summed E-state index contributed by atoms with van der Waals surface area (Å²) in [6, 6.07) is 0.371. The van der Waals surface area contributed by atoms with Gasteiger partial charge >= 0.3 is 0 Å². The summed E-state index contributed by atoms with van der Waals surface area (Å²) in [7, 11) is 0. The van der Waals surface area contributed by atoms with Crippen molar-refractivity contribution >= 4 is 29.3 Å². The minimum Gasteiger partial charge on any atom is -0.351 e. The van der Waals surface area contributed by atoms with E-state index in [1.165, 1.54) is 0 Å². The van der Waals surface area contributed by atoms with Gasteiger partial charge < -0.3 is 5.32 Å². The lowest BCUT2D eigenvalue weighted by Gasteiger charge is -2.11. The van der Waals surface area contributed by atoms with Crippen LogP contribution in [0.1, 0.15) is 6.92 Å². The van der Waals surface area contributed by atoms with E-state index in [1.807, 2.05) is 0 Å². The van der Waals surface area contributed by atoms with Crippen LogP contribution in [0.2, 0.25) is 5.02 Å². The number of aromatic nitrogens is 2. The molecule has 1 atom stereocenters. The van der Waals surface area contributed by atoms with Gasteiger partial charge in [-0.25, -0.2) is 9.97 Å². The molecule has 1 unspecified atom stereocenters. The van der Waals surface area contributed by atoms with Gasteiger partial charge in [0.25, 0.3) is 0 Å². The fourth-order valence-electron chi connectivity index (χ4n) is 0.899. The van der Waals surface area contributed by atoms with Crippen LogP contribution in [-0.4, -0.2) is 28.0 Å². The molecule has 1 rings (SSSR count). The maximum Gasteiger partial charge on any atom is 0.222 e. The Labute approximate surface area is 87.3 Å². The van der Waals surface area contributed by atoms with Crippen molar-refractivity contribution in [3.05, 3.63) is 17.4 Å². The van der Waals surface area contributed by atoms with Gasteiger partial charge in [-0.3, -0.25) is 0 Å². The van der Waals surface area contributed by atoms with E-state index in [0.29, 0.717) is 17.0 Å². The predicted octanol–water partition coefficient (Wildman–Crippen LogP) is 2.29. The van der Waals surface area contributed by atoms with Gasteiger partial charge in [0.05, 0.1) is 17.4 Å². The van der Waals surface area contributed by atoms with Crippen molar-refractivity contribution in [2.45, 2.75) is 13.0 Å². The molecule has 1 N–H and O–H groups in total. The lowest BCUT2D eigenvalue weighted by Crippen LogP contribution is -2.19. The molecule has 0 saturated carbocycles. The molecule has 1 aromatic rings. The zero-order valence-electron chi connectivity index (χ0n) is 7.62. The highest BCUT2D eigenvalue weighted by Crippen LogP contribution is 2.07. The van der Waals surface area contributed by atoms with Gasteiger partial charge in [-0.15, -0.1) is 0 Å². The standard InChI is InChI=1S/C8H12ClN3S/c1-6(5-13-2)12-8-10-3-7(9)4-11-8/h3-4,6H,5H2,1-2H3,(H,10,11,12). The second-order valence-electron chi connectivity index (χ2n) is 2.73. The van der Waals surface area contributed by atoms with Gasteiger partial charge in [-0.2, -0.15) is 11.8 Å². The van der Waals surface area contributed by atoms with E-state index in [4.69, 9.17) is 11.6 Å². The number of nitrogens with zero attached hydrogens (tertiary/aromatic N) is 2. The fraction of sp³-hybridized carbons (Fsp3) is 0.500. The van der Waals surface area contributed by atoms with Crippen molar-refractivity contribution < 1.29 is 0 Å². The number of thioether (sulfide) groups is 1. The van der Waals surface area contributed by atoms with Gasteiger partial charge in [-0.05, 0) is 13.2 Å². The van der Waals surface area contributed by atoms with Crippen LogP contribution >= 0.6 is 23.4 Å². The lowest BCUT2D eigenvalue weighted by molar-refractivity contribution is 0.887. The molecular formula is C8H12ClN3S. The Kier molecular flexibility index (Phi) is 4.32. The van der Waals surface area contributed by atoms with E-state index in [9.17, 15) is 0 Å². The third-order valence-electron chi connectivity index (χ3n) is 1.41. The maximum absolute atomic E-state index is 5.65. The zero-order valence-corrected chi connectivity index (χ0v) is 9.19. The zero-order chi connectivity index (χ0) is 9.68. The Bertz CT molecular complexity index is 252. The van der Waals surface area contributed by atoms with Crippen molar-refractivity contribution in [3.63, 3.8) is 0 Å². The molecule has 0 radical (unpaired) electrons. The van der Waals surface area contributed by atoms with Crippen molar-refractivity contribution in [1.29, 1.82) is 0 Å². The first-order valence-electron chi connectivity index (χ1n) is 3.95. The molecule has 0 bridgehead atoms. The molecule has 0 aromatic carbocycles.